The van der Waals surface area contributed by atoms with E-state index in [0.717, 1.165) is 5.56 Å². The minimum Gasteiger partial charge on any atom is -0.322 e. The molecule has 8 heteroatoms. The van der Waals surface area contributed by atoms with Crippen LogP contribution in [0.5, 0.6) is 0 Å². The predicted molar refractivity (Wildman–Crippen MR) is 132 cm³/mol. The fourth-order valence-electron chi connectivity index (χ4n) is 3.66. The summed E-state index contributed by atoms with van der Waals surface area (Å²) in [4.78, 5) is 26.1. The van der Waals surface area contributed by atoms with Gasteiger partial charge in [0.1, 0.15) is 0 Å². The first kappa shape index (κ1) is 21.5. The highest BCUT2D eigenvalue weighted by Crippen LogP contribution is 2.21. The van der Waals surface area contributed by atoms with Gasteiger partial charge in [0, 0.05) is 34.4 Å². The Morgan fingerprint density at radius 2 is 1.71 bits per heavy atom. The molecular weight excluding hydrogens is 450 g/mol. The van der Waals surface area contributed by atoms with E-state index in [-0.39, 0.29) is 17.0 Å². The number of fused-ring (bicyclic) bond motifs is 1. The number of allylic oxidation sites excluding steroid dienone is 1. The molecule has 0 atom stereocenters. The highest BCUT2D eigenvalue weighted by Gasteiger charge is 2.17. The van der Waals surface area contributed by atoms with Gasteiger partial charge in [-0.3, -0.25) is 9.59 Å². The Hall–Kier alpha value is -4.36. The molecular formula is C26H18ClN5O2. The van der Waals surface area contributed by atoms with Gasteiger partial charge in [-0.2, -0.15) is 4.68 Å². The van der Waals surface area contributed by atoms with Crippen molar-refractivity contribution in [2.75, 3.05) is 0 Å². The van der Waals surface area contributed by atoms with E-state index in [0.29, 0.717) is 32.7 Å². The number of ketones is 1. The van der Waals surface area contributed by atoms with Gasteiger partial charge in [-0.25, -0.2) is 0 Å². The maximum Gasteiger partial charge on any atom is 0.200 e. The van der Waals surface area contributed by atoms with E-state index in [1.807, 2.05) is 31.2 Å². The zero-order valence-corrected chi connectivity index (χ0v) is 18.8. The van der Waals surface area contributed by atoms with Crippen LogP contribution in [0.25, 0.3) is 34.2 Å². The van der Waals surface area contributed by atoms with Gasteiger partial charge < -0.3 is 4.57 Å². The minimum atomic E-state index is -0.213. The number of carbonyl (C=O) groups is 1. The molecule has 0 saturated heterocycles. The van der Waals surface area contributed by atoms with Crippen molar-refractivity contribution < 1.29 is 4.79 Å². The Morgan fingerprint density at radius 3 is 2.47 bits per heavy atom. The molecule has 0 aliphatic rings. The number of para-hydroxylation sites is 1. The summed E-state index contributed by atoms with van der Waals surface area (Å²) in [5, 5.41) is 13.0. The van der Waals surface area contributed by atoms with Crippen LogP contribution in [-0.4, -0.2) is 30.6 Å². The molecule has 0 radical (unpaired) electrons. The van der Waals surface area contributed by atoms with Crippen molar-refractivity contribution in [2.24, 2.45) is 0 Å². The van der Waals surface area contributed by atoms with E-state index in [1.165, 1.54) is 10.8 Å². The van der Waals surface area contributed by atoms with Gasteiger partial charge in [0.05, 0.1) is 16.8 Å². The highest BCUT2D eigenvalue weighted by molar-refractivity contribution is 6.30. The zero-order valence-electron chi connectivity index (χ0n) is 18.1. The molecule has 0 aliphatic heterocycles. The lowest BCUT2D eigenvalue weighted by Gasteiger charge is -2.10. The molecule has 5 rings (SSSR count). The maximum atomic E-state index is 13.4. The van der Waals surface area contributed by atoms with E-state index >= 15 is 0 Å². The predicted octanol–water partition coefficient (Wildman–Crippen LogP) is 4.96. The number of aryl methyl sites for hydroxylation is 1. The molecule has 0 amide bonds. The van der Waals surface area contributed by atoms with Crippen LogP contribution in [0.15, 0.2) is 89.9 Å². The normalized spacial score (nSPS) is 11.4. The van der Waals surface area contributed by atoms with Crippen LogP contribution < -0.4 is 5.43 Å². The first-order valence-corrected chi connectivity index (χ1v) is 10.9. The second-order valence-electron chi connectivity index (χ2n) is 7.73. The van der Waals surface area contributed by atoms with Gasteiger partial charge in [-0.1, -0.05) is 53.6 Å². The largest absolute Gasteiger partial charge is 0.322 e. The first-order chi connectivity index (χ1) is 16.5. The van der Waals surface area contributed by atoms with E-state index in [4.69, 9.17) is 11.6 Å². The third-order valence-electron chi connectivity index (χ3n) is 5.44. The summed E-state index contributed by atoms with van der Waals surface area (Å²) in [6.07, 6.45) is 4.76. The molecule has 0 bridgehead atoms. The quantitative estimate of drug-likeness (QED) is 0.269. The lowest BCUT2D eigenvalue weighted by atomic mass is 10.1. The number of pyridine rings is 1. The molecule has 0 aliphatic carbocycles. The van der Waals surface area contributed by atoms with E-state index in [1.54, 1.807) is 65.5 Å². The van der Waals surface area contributed by atoms with Crippen molar-refractivity contribution in [3.63, 3.8) is 0 Å². The van der Waals surface area contributed by atoms with Gasteiger partial charge in [-0.15, -0.1) is 5.10 Å². The average molecular weight is 468 g/mol. The second-order valence-corrected chi connectivity index (χ2v) is 8.17. The van der Waals surface area contributed by atoms with Gasteiger partial charge in [0.25, 0.3) is 0 Å². The fraction of sp³-hybridized carbons (Fsp3) is 0.0385. The summed E-state index contributed by atoms with van der Waals surface area (Å²) in [6.45, 7) is 1.97. The summed E-state index contributed by atoms with van der Waals surface area (Å²) in [6, 6.07) is 21.5. The Bertz CT molecular complexity index is 1600. The number of tetrazole rings is 1. The number of rotatable bonds is 5. The molecule has 2 heterocycles. The number of carbonyl (C=O) groups excluding carboxylic acids is 1. The lowest BCUT2D eigenvalue weighted by Crippen LogP contribution is -2.13. The van der Waals surface area contributed by atoms with Crippen molar-refractivity contribution in [2.45, 2.75) is 6.92 Å². The SMILES string of the molecule is Cc1ccc(C(=O)/C=C/n2cc(-c3nnnn3-c3ccc(Cl)cc3)c(=O)c3ccccc32)cc1. The van der Waals surface area contributed by atoms with Crippen molar-refractivity contribution in [3.8, 4) is 17.1 Å². The molecule has 5 aromatic rings. The molecule has 0 fully saturated rings. The standard InChI is InChI=1S/C26H18ClN5O2/c1-17-6-8-18(9-7-17)24(33)14-15-31-16-22(25(34)21-4-2-3-5-23(21)31)26-28-29-30-32(26)20-12-10-19(27)11-13-20/h2-16H,1H3/b15-14+. The third-order valence-corrected chi connectivity index (χ3v) is 5.70. The fourth-order valence-corrected chi connectivity index (χ4v) is 3.79. The molecule has 2 aromatic heterocycles. The smallest absolute Gasteiger partial charge is 0.200 e. The molecule has 34 heavy (non-hydrogen) atoms. The third kappa shape index (κ3) is 4.04. The lowest BCUT2D eigenvalue weighted by molar-refractivity contribution is 0.104. The van der Waals surface area contributed by atoms with Crippen LogP contribution in [0.2, 0.25) is 5.02 Å². The molecule has 0 saturated carbocycles. The van der Waals surface area contributed by atoms with Crippen molar-refractivity contribution in [1.82, 2.24) is 24.8 Å². The topological polar surface area (TPSA) is 82.7 Å². The molecule has 0 N–H and O–H groups in total. The summed E-state index contributed by atoms with van der Waals surface area (Å²) < 4.78 is 3.21. The summed E-state index contributed by atoms with van der Waals surface area (Å²) in [5.74, 6) is 0.139. The van der Waals surface area contributed by atoms with Crippen LogP contribution in [0.3, 0.4) is 0 Å². The monoisotopic (exact) mass is 467 g/mol. The number of hydrogen-bond acceptors (Lipinski definition) is 5. The molecule has 0 unspecified atom stereocenters. The number of nitrogens with zero attached hydrogens (tertiary/aromatic N) is 5. The molecule has 7 nitrogen and oxygen atoms in total. The van der Waals surface area contributed by atoms with E-state index < -0.39 is 0 Å². The summed E-state index contributed by atoms with van der Waals surface area (Å²) in [7, 11) is 0. The number of aromatic nitrogens is 5. The van der Waals surface area contributed by atoms with Gasteiger partial charge in [0.2, 0.25) is 5.43 Å². The Labute approximate surface area is 199 Å². The Kier molecular flexibility index (Phi) is 5.61. The Balaban J connectivity index is 1.63. The van der Waals surface area contributed by atoms with Crippen LogP contribution in [0.1, 0.15) is 15.9 Å². The van der Waals surface area contributed by atoms with Crippen LogP contribution in [-0.2, 0) is 0 Å². The molecule has 0 spiro atoms. The van der Waals surface area contributed by atoms with Crippen molar-refractivity contribution in [3.05, 3.63) is 111 Å². The molecule has 3 aromatic carbocycles. The van der Waals surface area contributed by atoms with E-state index in [9.17, 15) is 9.59 Å². The average Bonchev–Trinajstić information content (AvgIpc) is 3.34. The number of halogens is 1. The van der Waals surface area contributed by atoms with E-state index in [2.05, 4.69) is 15.5 Å². The van der Waals surface area contributed by atoms with Crippen LogP contribution in [0.4, 0.5) is 0 Å². The van der Waals surface area contributed by atoms with Gasteiger partial charge in [-0.05, 0) is 53.7 Å². The van der Waals surface area contributed by atoms with Crippen LogP contribution in [0, 0.1) is 6.92 Å². The number of benzene rings is 3. The van der Waals surface area contributed by atoms with Gasteiger partial charge >= 0.3 is 0 Å². The second kappa shape index (κ2) is 8.88. The molecule has 166 valence electrons. The van der Waals surface area contributed by atoms with Gasteiger partial charge in [0.15, 0.2) is 11.6 Å². The first-order valence-electron chi connectivity index (χ1n) is 10.5. The Morgan fingerprint density at radius 1 is 0.971 bits per heavy atom. The van der Waals surface area contributed by atoms with Crippen molar-refractivity contribution in [1.29, 1.82) is 0 Å². The van der Waals surface area contributed by atoms with Crippen LogP contribution >= 0.6 is 11.6 Å². The zero-order chi connectivity index (χ0) is 23.7. The summed E-state index contributed by atoms with van der Waals surface area (Å²) in [5.41, 5.74) is 3.07. The maximum absolute atomic E-state index is 13.4. The minimum absolute atomic E-state index is 0.143. The highest BCUT2D eigenvalue weighted by atomic mass is 35.5. The van der Waals surface area contributed by atoms with Crippen molar-refractivity contribution >= 4 is 34.5 Å². The number of hydrogen-bond donors (Lipinski definition) is 0. The summed E-state index contributed by atoms with van der Waals surface area (Å²) >= 11 is 6.00.